The third-order valence-corrected chi connectivity index (χ3v) is 6.66. The second kappa shape index (κ2) is 12.6. The summed E-state index contributed by atoms with van der Waals surface area (Å²) in [7, 11) is 0. The SMILES string of the molecule is CCCCCC1CCC(/C=C/C#CC2CCC(CCCC)CC2)CC1. The lowest BCUT2D eigenvalue weighted by Gasteiger charge is -2.26. The number of unbranched alkanes of at least 4 members (excludes halogenated alkanes) is 3. The minimum atomic E-state index is 0.678. The molecule has 0 radical (unpaired) electrons. The van der Waals surface area contributed by atoms with E-state index in [4.69, 9.17) is 0 Å². The van der Waals surface area contributed by atoms with E-state index >= 15 is 0 Å². The van der Waals surface area contributed by atoms with Crippen LogP contribution in [0.5, 0.6) is 0 Å². The molecule has 2 fully saturated rings. The number of hydrogen-bond donors (Lipinski definition) is 0. The molecular formula is C25H42. The van der Waals surface area contributed by atoms with Crippen LogP contribution >= 0.6 is 0 Å². The van der Waals surface area contributed by atoms with E-state index in [1.165, 1.54) is 96.3 Å². The molecule has 0 N–H and O–H groups in total. The highest BCUT2D eigenvalue weighted by molar-refractivity contribution is 5.18. The Morgan fingerprint density at radius 3 is 1.96 bits per heavy atom. The Labute approximate surface area is 158 Å². The van der Waals surface area contributed by atoms with Crippen molar-refractivity contribution < 1.29 is 0 Å². The Morgan fingerprint density at radius 1 is 0.720 bits per heavy atom. The third kappa shape index (κ3) is 8.48. The predicted molar refractivity (Wildman–Crippen MR) is 111 cm³/mol. The van der Waals surface area contributed by atoms with Crippen molar-refractivity contribution in [3.8, 4) is 11.8 Å². The molecule has 0 aromatic heterocycles. The second-order valence-corrected chi connectivity index (χ2v) is 8.78. The van der Waals surface area contributed by atoms with Crippen LogP contribution in [0.25, 0.3) is 0 Å². The Kier molecular flexibility index (Phi) is 10.4. The highest BCUT2D eigenvalue weighted by Gasteiger charge is 2.20. The van der Waals surface area contributed by atoms with E-state index in [-0.39, 0.29) is 0 Å². The molecule has 0 nitrogen and oxygen atoms in total. The molecule has 2 aliphatic rings. The van der Waals surface area contributed by atoms with Gasteiger partial charge >= 0.3 is 0 Å². The van der Waals surface area contributed by atoms with Gasteiger partial charge in [0, 0.05) is 5.92 Å². The van der Waals surface area contributed by atoms with Crippen LogP contribution in [0.15, 0.2) is 12.2 Å². The average Bonchev–Trinajstić information content (AvgIpc) is 2.66. The lowest BCUT2D eigenvalue weighted by molar-refractivity contribution is 0.289. The van der Waals surface area contributed by atoms with Crippen LogP contribution in [-0.2, 0) is 0 Å². The molecule has 2 aliphatic carbocycles. The lowest BCUT2D eigenvalue weighted by Crippen LogP contribution is -2.13. The first kappa shape index (κ1) is 20.6. The highest BCUT2D eigenvalue weighted by atomic mass is 14.2. The zero-order valence-corrected chi connectivity index (χ0v) is 17.1. The van der Waals surface area contributed by atoms with E-state index in [0.29, 0.717) is 5.92 Å². The van der Waals surface area contributed by atoms with E-state index in [1.807, 2.05) is 0 Å². The molecule has 25 heavy (non-hydrogen) atoms. The van der Waals surface area contributed by atoms with Gasteiger partial charge < -0.3 is 0 Å². The largest absolute Gasteiger partial charge is 0.0951 e. The minimum absolute atomic E-state index is 0.678. The molecule has 0 atom stereocenters. The zero-order valence-electron chi connectivity index (χ0n) is 17.1. The van der Waals surface area contributed by atoms with Gasteiger partial charge in [-0.15, -0.1) is 0 Å². The molecule has 0 amide bonds. The Balaban J connectivity index is 1.59. The summed E-state index contributed by atoms with van der Waals surface area (Å²) in [5.41, 5.74) is 0. The first-order chi connectivity index (χ1) is 12.3. The van der Waals surface area contributed by atoms with Crippen molar-refractivity contribution in [2.24, 2.45) is 23.7 Å². The van der Waals surface area contributed by atoms with Gasteiger partial charge in [-0.05, 0) is 75.2 Å². The van der Waals surface area contributed by atoms with Gasteiger partial charge in [0.15, 0.2) is 0 Å². The Morgan fingerprint density at radius 2 is 1.32 bits per heavy atom. The molecule has 142 valence electrons. The van der Waals surface area contributed by atoms with E-state index in [0.717, 1.165) is 17.8 Å². The predicted octanol–water partition coefficient (Wildman–Crippen LogP) is 7.93. The molecule has 0 heterocycles. The van der Waals surface area contributed by atoms with Crippen LogP contribution in [0, 0.1) is 35.5 Å². The monoisotopic (exact) mass is 342 g/mol. The minimum Gasteiger partial charge on any atom is -0.0951 e. The van der Waals surface area contributed by atoms with E-state index in [9.17, 15) is 0 Å². The van der Waals surface area contributed by atoms with Gasteiger partial charge in [0.25, 0.3) is 0 Å². The van der Waals surface area contributed by atoms with Crippen molar-refractivity contribution in [2.45, 2.75) is 110 Å². The smallest absolute Gasteiger partial charge is 0.0206 e. The van der Waals surface area contributed by atoms with Crippen LogP contribution in [0.3, 0.4) is 0 Å². The molecule has 0 heteroatoms. The molecule has 0 spiro atoms. The maximum atomic E-state index is 3.54. The normalized spacial score (nSPS) is 30.2. The maximum Gasteiger partial charge on any atom is 0.0206 e. The number of allylic oxidation sites excluding steroid dienone is 2. The molecule has 0 saturated heterocycles. The first-order valence-corrected chi connectivity index (χ1v) is 11.5. The van der Waals surface area contributed by atoms with Crippen molar-refractivity contribution >= 4 is 0 Å². The summed E-state index contributed by atoms with van der Waals surface area (Å²) in [6.07, 6.45) is 25.8. The van der Waals surface area contributed by atoms with Crippen molar-refractivity contribution in [1.29, 1.82) is 0 Å². The van der Waals surface area contributed by atoms with Crippen molar-refractivity contribution in [3.63, 3.8) is 0 Å². The van der Waals surface area contributed by atoms with E-state index < -0.39 is 0 Å². The summed E-state index contributed by atoms with van der Waals surface area (Å²) in [5, 5.41) is 0. The summed E-state index contributed by atoms with van der Waals surface area (Å²) in [5.74, 6) is 10.4. The van der Waals surface area contributed by atoms with Crippen molar-refractivity contribution in [1.82, 2.24) is 0 Å². The van der Waals surface area contributed by atoms with Crippen molar-refractivity contribution in [3.05, 3.63) is 12.2 Å². The fourth-order valence-electron chi connectivity index (χ4n) is 4.79. The Bertz CT molecular complexity index is 405. The topological polar surface area (TPSA) is 0 Å². The molecule has 2 saturated carbocycles. The van der Waals surface area contributed by atoms with E-state index in [1.54, 1.807) is 0 Å². The van der Waals surface area contributed by atoms with Crippen LogP contribution in [0.2, 0.25) is 0 Å². The van der Waals surface area contributed by atoms with Gasteiger partial charge in [-0.1, -0.05) is 76.7 Å². The lowest BCUT2D eigenvalue weighted by atomic mass is 9.79. The number of hydrogen-bond acceptors (Lipinski definition) is 0. The molecule has 0 aromatic rings. The second-order valence-electron chi connectivity index (χ2n) is 8.78. The Hall–Kier alpha value is -0.700. The van der Waals surface area contributed by atoms with Gasteiger partial charge in [-0.2, -0.15) is 0 Å². The molecule has 0 unspecified atom stereocenters. The number of rotatable bonds is 8. The van der Waals surface area contributed by atoms with Crippen LogP contribution < -0.4 is 0 Å². The summed E-state index contributed by atoms with van der Waals surface area (Å²) in [6, 6.07) is 0. The van der Waals surface area contributed by atoms with Gasteiger partial charge in [0.1, 0.15) is 0 Å². The van der Waals surface area contributed by atoms with Crippen LogP contribution in [0.1, 0.15) is 110 Å². The fraction of sp³-hybridized carbons (Fsp3) is 0.840. The summed E-state index contributed by atoms with van der Waals surface area (Å²) >= 11 is 0. The summed E-state index contributed by atoms with van der Waals surface area (Å²) in [6.45, 7) is 4.61. The molecule has 0 aromatic carbocycles. The van der Waals surface area contributed by atoms with Gasteiger partial charge in [0.2, 0.25) is 0 Å². The highest BCUT2D eigenvalue weighted by Crippen LogP contribution is 2.33. The molecule has 0 bridgehead atoms. The van der Waals surface area contributed by atoms with Crippen LogP contribution in [0.4, 0.5) is 0 Å². The van der Waals surface area contributed by atoms with Crippen LogP contribution in [-0.4, -0.2) is 0 Å². The molecular weight excluding hydrogens is 300 g/mol. The van der Waals surface area contributed by atoms with E-state index in [2.05, 4.69) is 37.8 Å². The van der Waals surface area contributed by atoms with Crippen molar-refractivity contribution in [2.75, 3.05) is 0 Å². The average molecular weight is 343 g/mol. The van der Waals surface area contributed by atoms with Gasteiger partial charge in [0.05, 0.1) is 0 Å². The fourth-order valence-corrected chi connectivity index (χ4v) is 4.79. The quantitative estimate of drug-likeness (QED) is 0.310. The third-order valence-electron chi connectivity index (χ3n) is 6.66. The molecule has 2 rings (SSSR count). The van der Waals surface area contributed by atoms with Gasteiger partial charge in [-0.3, -0.25) is 0 Å². The first-order valence-electron chi connectivity index (χ1n) is 11.5. The summed E-state index contributed by atoms with van der Waals surface area (Å²) in [4.78, 5) is 0. The van der Waals surface area contributed by atoms with Gasteiger partial charge in [-0.25, -0.2) is 0 Å². The molecule has 0 aliphatic heterocycles. The summed E-state index contributed by atoms with van der Waals surface area (Å²) < 4.78 is 0. The standard InChI is InChI=1S/C25H42/c1-3-5-7-11-23-18-20-25(21-19-23)13-9-8-12-24-16-14-22(15-17-24)10-6-4-2/h9,13,22-25H,3-7,10-11,14-21H2,1-2H3/b13-9+. The zero-order chi connectivity index (χ0) is 17.7. The maximum absolute atomic E-state index is 3.54.